The molecule has 0 unspecified atom stereocenters. The monoisotopic (exact) mass is 315 g/mol. The van der Waals surface area contributed by atoms with E-state index in [1.165, 1.54) is 28.0 Å². The summed E-state index contributed by atoms with van der Waals surface area (Å²) in [7, 11) is 0. The average Bonchev–Trinajstić information content (AvgIpc) is 2.86. The minimum absolute atomic E-state index is 0.0307. The summed E-state index contributed by atoms with van der Waals surface area (Å²) in [6.07, 6.45) is -0.0307. The van der Waals surface area contributed by atoms with Gasteiger partial charge >= 0.3 is 12.0 Å². The number of carbonyl (C=O) groups is 3. The van der Waals surface area contributed by atoms with E-state index in [9.17, 15) is 14.4 Å². The minimum atomic E-state index is -0.882. The van der Waals surface area contributed by atoms with Gasteiger partial charge in [-0.15, -0.1) is 11.3 Å². The number of aryl methyl sites for hydroxylation is 1. The third kappa shape index (κ3) is 3.48. The highest BCUT2D eigenvalue weighted by Gasteiger charge is 2.27. The number of nitrogens with one attached hydrogen (secondary N) is 1. The molecular weight excluding hydrogens is 302 g/mol. The topological polar surface area (TPSA) is 99.6 Å². The van der Waals surface area contributed by atoms with Crippen LogP contribution in [-0.2, 0) is 16.0 Å². The number of aliphatic carboxylic acids is 1. The van der Waals surface area contributed by atoms with Gasteiger partial charge in [0, 0.05) is 17.2 Å². The van der Waals surface area contributed by atoms with Crippen LogP contribution in [0.1, 0.15) is 10.6 Å². The van der Waals surface area contributed by atoms with Crippen LogP contribution in [0.5, 0.6) is 0 Å². The zero-order valence-corrected chi connectivity index (χ0v) is 12.3. The summed E-state index contributed by atoms with van der Waals surface area (Å²) >= 11 is 2.75. The number of rotatable bonds is 6. The molecule has 1 aliphatic rings. The second kappa shape index (κ2) is 6.23. The van der Waals surface area contributed by atoms with Crippen LogP contribution >= 0.6 is 23.1 Å². The second-order valence-corrected chi connectivity index (χ2v) is 6.54. The minimum Gasteiger partial charge on any atom is -0.481 e. The van der Waals surface area contributed by atoms with Crippen molar-refractivity contribution in [2.24, 2.45) is 0 Å². The molecule has 0 bridgehead atoms. The third-order valence-electron chi connectivity index (χ3n) is 2.66. The van der Waals surface area contributed by atoms with Crippen molar-refractivity contribution in [3.05, 3.63) is 10.6 Å². The zero-order chi connectivity index (χ0) is 14.7. The Hall–Kier alpha value is -1.61. The maximum absolute atomic E-state index is 11.4. The number of aromatic nitrogens is 1. The highest BCUT2D eigenvalue weighted by atomic mass is 32.2. The Balaban J connectivity index is 1.87. The molecule has 3 amide bonds. The summed E-state index contributed by atoms with van der Waals surface area (Å²) in [4.78, 5) is 39.5. The number of thiazole rings is 1. The standard InChI is InChI=1S/C11H13N3O4S2/c1-6-7(4-9(16)17)20-11(13-6)19-3-2-14-8(15)5-12-10(14)18/h2-5H2,1H3,(H,12,18)(H,16,17). The molecule has 2 heterocycles. The third-order valence-corrected chi connectivity index (χ3v) is 4.94. The summed E-state index contributed by atoms with van der Waals surface area (Å²) in [6.45, 7) is 2.15. The normalized spacial score (nSPS) is 14.8. The molecule has 0 aliphatic carbocycles. The van der Waals surface area contributed by atoms with Crippen LogP contribution < -0.4 is 5.32 Å². The Morgan fingerprint density at radius 1 is 1.55 bits per heavy atom. The number of hydrogen-bond donors (Lipinski definition) is 2. The molecule has 1 aliphatic heterocycles. The van der Waals surface area contributed by atoms with Crippen molar-refractivity contribution in [1.82, 2.24) is 15.2 Å². The quantitative estimate of drug-likeness (QED) is 0.593. The van der Waals surface area contributed by atoms with Crippen molar-refractivity contribution in [1.29, 1.82) is 0 Å². The maximum atomic E-state index is 11.4. The van der Waals surface area contributed by atoms with Gasteiger partial charge in [0.25, 0.3) is 0 Å². The first-order valence-corrected chi connectivity index (χ1v) is 7.66. The lowest BCUT2D eigenvalue weighted by Crippen LogP contribution is -2.32. The van der Waals surface area contributed by atoms with Crippen molar-refractivity contribution >= 4 is 41.0 Å². The molecule has 0 aromatic carbocycles. The van der Waals surface area contributed by atoms with Crippen molar-refractivity contribution in [2.75, 3.05) is 18.8 Å². The number of urea groups is 1. The predicted octanol–water partition coefficient (Wildman–Crippen LogP) is 0.723. The molecule has 108 valence electrons. The highest BCUT2D eigenvalue weighted by molar-refractivity contribution is 8.01. The van der Waals surface area contributed by atoms with Crippen LogP contribution in [0.15, 0.2) is 4.34 Å². The van der Waals surface area contributed by atoms with E-state index in [1.54, 1.807) is 6.92 Å². The van der Waals surface area contributed by atoms with E-state index in [2.05, 4.69) is 10.3 Å². The van der Waals surface area contributed by atoms with E-state index in [0.717, 1.165) is 14.9 Å². The molecule has 20 heavy (non-hydrogen) atoms. The number of nitrogens with zero attached hydrogens (tertiary/aromatic N) is 2. The molecule has 1 saturated heterocycles. The summed E-state index contributed by atoms with van der Waals surface area (Å²) in [5.74, 6) is -0.566. The SMILES string of the molecule is Cc1nc(SCCN2C(=O)CNC2=O)sc1CC(=O)O. The fourth-order valence-corrected chi connectivity index (χ4v) is 3.89. The Morgan fingerprint density at radius 3 is 2.90 bits per heavy atom. The van der Waals surface area contributed by atoms with E-state index < -0.39 is 5.97 Å². The molecule has 0 spiro atoms. The molecule has 9 heteroatoms. The van der Waals surface area contributed by atoms with Gasteiger partial charge in [-0.2, -0.15) is 0 Å². The summed E-state index contributed by atoms with van der Waals surface area (Å²) in [6, 6.07) is -0.363. The van der Waals surface area contributed by atoms with Gasteiger partial charge in [0.05, 0.1) is 18.7 Å². The van der Waals surface area contributed by atoms with Crippen LogP contribution in [0.2, 0.25) is 0 Å². The van der Waals surface area contributed by atoms with Crippen molar-refractivity contribution in [3.8, 4) is 0 Å². The van der Waals surface area contributed by atoms with Gasteiger partial charge < -0.3 is 10.4 Å². The average molecular weight is 315 g/mol. The van der Waals surface area contributed by atoms with Crippen molar-refractivity contribution in [2.45, 2.75) is 17.7 Å². The van der Waals surface area contributed by atoms with Crippen LogP contribution in [0.3, 0.4) is 0 Å². The Labute approximate surface area is 123 Å². The van der Waals surface area contributed by atoms with Gasteiger partial charge in [0.15, 0.2) is 0 Å². The number of carbonyl (C=O) groups excluding carboxylic acids is 2. The first-order chi connectivity index (χ1) is 9.47. The van der Waals surface area contributed by atoms with Gasteiger partial charge in [-0.05, 0) is 6.92 Å². The van der Waals surface area contributed by atoms with Crippen molar-refractivity contribution in [3.63, 3.8) is 0 Å². The summed E-state index contributed by atoms with van der Waals surface area (Å²) in [5.41, 5.74) is 0.717. The fourth-order valence-electron chi connectivity index (χ4n) is 1.67. The molecule has 7 nitrogen and oxygen atoms in total. The Kier molecular flexibility index (Phi) is 4.61. The molecule has 0 radical (unpaired) electrons. The van der Waals surface area contributed by atoms with Gasteiger partial charge in [-0.1, -0.05) is 11.8 Å². The maximum Gasteiger partial charge on any atom is 0.324 e. The lowest BCUT2D eigenvalue weighted by molar-refractivity contribution is -0.136. The van der Waals surface area contributed by atoms with E-state index in [-0.39, 0.29) is 24.9 Å². The van der Waals surface area contributed by atoms with Crippen LogP contribution in [0.25, 0.3) is 0 Å². The number of carboxylic acids is 1. The second-order valence-electron chi connectivity index (χ2n) is 4.11. The van der Waals surface area contributed by atoms with Crippen molar-refractivity contribution < 1.29 is 19.5 Å². The van der Waals surface area contributed by atoms with Gasteiger partial charge in [-0.25, -0.2) is 9.78 Å². The van der Waals surface area contributed by atoms with Crippen LogP contribution in [-0.4, -0.2) is 51.7 Å². The molecule has 0 atom stereocenters. The largest absolute Gasteiger partial charge is 0.481 e. The Morgan fingerprint density at radius 2 is 2.30 bits per heavy atom. The molecule has 0 saturated carbocycles. The van der Waals surface area contributed by atoms with Gasteiger partial charge in [-0.3, -0.25) is 14.5 Å². The lowest BCUT2D eigenvalue weighted by atomic mass is 10.3. The lowest BCUT2D eigenvalue weighted by Gasteiger charge is -2.10. The van der Waals surface area contributed by atoms with Crippen LogP contribution in [0, 0.1) is 6.92 Å². The Bertz CT molecular complexity index is 542. The number of thioether (sulfide) groups is 1. The number of carboxylic acid groups (broad SMARTS) is 1. The first-order valence-electron chi connectivity index (χ1n) is 5.86. The molecule has 1 fully saturated rings. The molecule has 1 aromatic rings. The predicted molar refractivity (Wildman–Crippen MR) is 74.0 cm³/mol. The number of imide groups is 1. The van der Waals surface area contributed by atoms with E-state index in [0.29, 0.717) is 12.3 Å². The molecule has 2 rings (SSSR count). The first kappa shape index (κ1) is 14.8. The van der Waals surface area contributed by atoms with E-state index in [1.807, 2.05) is 0 Å². The van der Waals surface area contributed by atoms with E-state index in [4.69, 9.17) is 5.11 Å². The number of amides is 3. The summed E-state index contributed by atoms with van der Waals surface area (Å²) in [5, 5.41) is 11.2. The van der Waals surface area contributed by atoms with Gasteiger partial charge in [0.1, 0.15) is 4.34 Å². The smallest absolute Gasteiger partial charge is 0.324 e. The molecule has 1 aromatic heterocycles. The number of hydrogen-bond acceptors (Lipinski definition) is 6. The fraction of sp³-hybridized carbons (Fsp3) is 0.455. The van der Waals surface area contributed by atoms with Crippen LogP contribution in [0.4, 0.5) is 4.79 Å². The van der Waals surface area contributed by atoms with E-state index >= 15 is 0 Å². The zero-order valence-electron chi connectivity index (χ0n) is 10.7. The van der Waals surface area contributed by atoms with Gasteiger partial charge in [0.2, 0.25) is 5.91 Å². The highest BCUT2D eigenvalue weighted by Crippen LogP contribution is 2.27. The molecule has 2 N–H and O–H groups in total. The molecular formula is C11H13N3O4S2. The summed E-state index contributed by atoms with van der Waals surface area (Å²) < 4.78 is 0.755.